The highest BCUT2D eigenvalue weighted by molar-refractivity contribution is 6.06. The third-order valence-electron chi connectivity index (χ3n) is 5.56. The Balaban J connectivity index is 2.06. The molecule has 4 N–H and O–H groups in total. The molecule has 0 saturated heterocycles. The monoisotopic (exact) mass is 422 g/mol. The Labute approximate surface area is 174 Å². The number of aromatic nitrogens is 3. The number of imidazole rings is 1. The molecule has 2 heterocycles. The quantitative estimate of drug-likeness (QED) is 0.611. The van der Waals surface area contributed by atoms with Gasteiger partial charge in [0.15, 0.2) is 0 Å². The van der Waals surface area contributed by atoms with Gasteiger partial charge < -0.3 is 15.6 Å². The normalized spacial score (nSPS) is 20.8. The fourth-order valence-electron chi connectivity index (χ4n) is 4.08. The number of nitrogens with two attached hydrogens (primary N) is 1. The minimum atomic E-state index is -4.67. The van der Waals surface area contributed by atoms with Crippen molar-refractivity contribution in [3.8, 4) is 0 Å². The van der Waals surface area contributed by atoms with E-state index < -0.39 is 11.9 Å². The van der Waals surface area contributed by atoms with Crippen molar-refractivity contribution in [2.45, 2.75) is 64.2 Å². The second kappa shape index (κ2) is 8.75. The van der Waals surface area contributed by atoms with Crippen molar-refractivity contribution in [3.63, 3.8) is 0 Å². The topological polar surface area (TPSA) is 92.6 Å². The zero-order chi connectivity index (χ0) is 22.1. The summed E-state index contributed by atoms with van der Waals surface area (Å²) in [6.45, 7) is 4.26. The minimum Gasteiger partial charge on any atom is -0.395 e. The van der Waals surface area contributed by atoms with E-state index in [4.69, 9.17) is 16.1 Å². The third kappa shape index (κ3) is 4.83. The van der Waals surface area contributed by atoms with Crippen molar-refractivity contribution >= 4 is 16.7 Å². The fourth-order valence-corrected chi connectivity index (χ4v) is 4.08. The summed E-state index contributed by atoms with van der Waals surface area (Å²) in [5.74, 6) is 1.36. The lowest BCUT2D eigenvalue weighted by Gasteiger charge is -2.31. The zero-order valence-electron chi connectivity index (χ0n) is 17.6. The van der Waals surface area contributed by atoms with Crippen LogP contribution in [0.5, 0.6) is 0 Å². The molecule has 3 rings (SSSR count). The Hall–Kier alpha value is -2.42. The number of halogens is 3. The van der Waals surface area contributed by atoms with E-state index in [2.05, 4.69) is 28.7 Å². The van der Waals surface area contributed by atoms with Gasteiger partial charge >= 0.3 is 6.18 Å². The van der Waals surface area contributed by atoms with E-state index in [9.17, 15) is 13.2 Å². The van der Waals surface area contributed by atoms with Gasteiger partial charge in [0.2, 0.25) is 0 Å². The van der Waals surface area contributed by atoms with E-state index in [1.165, 1.54) is 6.20 Å². The van der Waals surface area contributed by atoms with Gasteiger partial charge in [-0.05, 0) is 50.8 Å². The second-order valence-corrected chi connectivity index (χ2v) is 8.37. The van der Waals surface area contributed by atoms with Gasteiger partial charge in [0.05, 0.1) is 23.1 Å². The summed E-state index contributed by atoms with van der Waals surface area (Å²) < 4.78 is 40.5. The second-order valence-electron chi connectivity index (χ2n) is 8.37. The lowest BCUT2D eigenvalue weighted by Crippen LogP contribution is -2.33. The molecule has 164 valence electrons. The molecule has 2 unspecified atom stereocenters. The van der Waals surface area contributed by atoms with Crippen molar-refractivity contribution in [2.24, 2.45) is 11.7 Å². The molecule has 2 atom stereocenters. The number of pyridine rings is 1. The number of allylic oxidation sites excluding steroid dienone is 2. The summed E-state index contributed by atoms with van der Waals surface area (Å²) in [7, 11) is 1.97. The first-order valence-corrected chi connectivity index (χ1v) is 10.3. The van der Waals surface area contributed by atoms with Crippen LogP contribution in [-0.2, 0) is 6.42 Å². The largest absolute Gasteiger partial charge is 0.430 e. The molecule has 0 radical (unpaired) electrons. The van der Waals surface area contributed by atoms with Gasteiger partial charge in [0.25, 0.3) is 0 Å². The highest BCUT2D eigenvalue weighted by Gasteiger charge is 2.32. The molecular weight excluding hydrogens is 393 g/mol. The molecule has 1 aliphatic rings. The van der Waals surface area contributed by atoms with Crippen LogP contribution in [0, 0.1) is 11.3 Å². The van der Waals surface area contributed by atoms with Crippen LogP contribution in [0.3, 0.4) is 0 Å². The average molecular weight is 422 g/mol. The van der Waals surface area contributed by atoms with E-state index in [0.29, 0.717) is 23.6 Å². The fraction of sp³-hybridized carbons (Fsp3) is 0.571. The van der Waals surface area contributed by atoms with Crippen molar-refractivity contribution < 1.29 is 13.2 Å². The van der Waals surface area contributed by atoms with Gasteiger partial charge in [-0.2, -0.15) is 13.2 Å². The highest BCUT2D eigenvalue weighted by atomic mass is 19.4. The van der Waals surface area contributed by atoms with Crippen LogP contribution in [0.15, 0.2) is 24.0 Å². The van der Waals surface area contributed by atoms with E-state index in [0.717, 1.165) is 43.4 Å². The molecule has 0 bridgehead atoms. The number of alkyl halides is 3. The number of rotatable bonds is 6. The molecule has 6 nitrogen and oxygen atoms in total. The molecular formula is C21H29F3N6. The summed E-state index contributed by atoms with van der Waals surface area (Å²) in [6, 6.07) is 2.33. The predicted molar refractivity (Wildman–Crippen MR) is 112 cm³/mol. The summed E-state index contributed by atoms with van der Waals surface area (Å²) in [6.07, 6.45) is 2.47. The highest BCUT2D eigenvalue weighted by Crippen LogP contribution is 2.33. The summed E-state index contributed by atoms with van der Waals surface area (Å²) in [5.41, 5.74) is 5.04. The summed E-state index contributed by atoms with van der Waals surface area (Å²) >= 11 is 0. The first kappa shape index (κ1) is 22.3. The maximum Gasteiger partial charge on any atom is 0.430 e. The third-order valence-corrected chi connectivity index (χ3v) is 5.56. The molecule has 1 saturated carbocycles. The van der Waals surface area contributed by atoms with Gasteiger partial charge in [-0.1, -0.05) is 13.8 Å². The number of nitrogens with one attached hydrogen (secondary N) is 2. The van der Waals surface area contributed by atoms with Gasteiger partial charge in [0, 0.05) is 18.5 Å². The van der Waals surface area contributed by atoms with Gasteiger partial charge in [-0.15, -0.1) is 0 Å². The Morgan fingerprint density at radius 1 is 1.40 bits per heavy atom. The molecule has 1 fully saturated rings. The lowest BCUT2D eigenvalue weighted by molar-refractivity contribution is -0.0925. The van der Waals surface area contributed by atoms with E-state index >= 15 is 0 Å². The van der Waals surface area contributed by atoms with Crippen LogP contribution in [-0.4, -0.2) is 39.5 Å². The van der Waals surface area contributed by atoms with E-state index in [-0.39, 0.29) is 17.4 Å². The molecule has 0 aromatic carbocycles. The maximum absolute atomic E-state index is 12.7. The van der Waals surface area contributed by atoms with E-state index in [1.807, 2.05) is 7.05 Å². The van der Waals surface area contributed by atoms with Crippen molar-refractivity contribution in [1.82, 2.24) is 19.9 Å². The summed E-state index contributed by atoms with van der Waals surface area (Å²) in [5, 5.41) is 11.4. The Bertz CT molecular complexity index is 944. The smallest absolute Gasteiger partial charge is 0.395 e. The van der Waals surface area contributed by atoms with Crippen LogP contribution in [0.2, 0.25) is 0 Å². The Morgan fingerprint density at radius 2 is 2.13 bits per heavy atom. The first-order chi connectivity index (χ1) is 14.1. The Morgan fingerprint density at radius 3 is 2.77 bits per heavy atom. The van der Waals surface area contributed by atoms with Crippen molar-refractivity contribution in [1.29, 1.82) is 5.41 Å². The van der Waals surface area contributed by atoms with Crippen LogP contribution in [0.4, 0.5) is 13.2 Å². The van der Waals surface area contributed by atoms with Crippen LogP contribution < -0.4 is 11.1 Å². The molecule has 2 aromatic heterocycles. The number of nitrogens with zero attached hydrogens (tertiary/aromatic N) is 3. The lowest BCUT2D eigenvalue weighted by atomic mass is 9.90. The van der Waals surface area contributed by atoms with Crippen LogP contribution >= 0.6 is 0 Å². The molecule has 0 amide bonds. The van der Waals surface area contributed by atoms with Crippen LogP contribution in [0.1, 0.15) is 57.1 Å². The Kier molecular flexibility index (Phi) is 6.50. The molecule has 9 heteroatoms. The van der Waals surface area contributed by atoms with Gasteiger partial charge in [-0.3, -0.25) is 10.4 Å². The molecule has 30 heavy (non-hydrogen) atoms. The molecule has 0 spiro atoms. The predicted octanol–water partition coefficient (Wildman–Crippen LogP) is 4.11. The van der Waals surface area contributed by atoms with Crippen molar-refractivity contribution in [3.05, 3.63) is 35.6 Å². The van der Waals surface area contributed by atoms with Crippen LogP contribution in [0.25, 0.3) is 11.0 Å². The van der Waals surface area contributed by atoms with E-state index in [1.54, 1.807) is 6.07 Å². The average Bonchev–Trinajstić information content (AvgIpc) is 3.03. The van der Waals surface area contributed by atoms with Crippen molar-refractivity contribution in [2.75, 3.05) is 7.05 Å². The SMILES string of the molecule is CNC1CCCC(n2c(CC(C)C)nc3cnc(C(=N)/C=C(\N)C(F)(F)F)cc32)C1. The number of hydrogen-bond acceptors (Lipinski definition) is 5. The van der Waals surface area contributed by atoms with Gasteiger partial charge in [-0.25, -0.2) is 4.98 Å². The molecule has 2 aromatic rings. The molecule has 1 aliphatic carbocycles. The molecule has 0 aliphatic heterocycles. The van der Waals surface area contributed by atoms with Gasteiger partial charge in [0.1, 0.15) is 17.0 Å². The number of hydrogen-bond donors (Lipinski definition) is 3. The number of fused-ring (bicyclic) bond motifs is 1. The minimum absolute atomic E-state index is 0.146. The summed E-state index contributed by atoms with van der Waals surface area (Å²) in [4.78, 5) is 8.94. The zero-order valence-corrected chi connectivity index (χ0v) is 17.6. The standard InChI is InChI=1S/C21H29F3N6/c1-12(2)7-20-29-17-11-28-16(15(25)9-19(26)21(22,23)24)10-18(17)30(20)14-6-4-5-13(8-14)27-3/h9-14,25,27H,4-8,26H2,1-3H3/b19-9-,25-15?. The first-order valence-electron chi connectivity index (χ1n) is 10.3. The maximum atomic E-state index is 12.7.